The first kappa shape index (κ1) is 19.1. The molecule has 2 saturated heterocycles. The molecule has 2 heterocycles. The molecule has 2 rings (SSSR count). The quantitative estimate of drug-likeness (QED) is 0.534. The number of carbonyl (C=O) groups excluding carboxylic acids is 2. The summed E-state index contributed by atoms with van der Waals surface area (Å²) in [4.78, 5) is 28.8. The Balaban J connectivity index is 1.98. The predicted molar refractivity (Wildman–Crippen MR) is 90.5 cm³/mol. The number of urea groups is 1. The second-order valence-corrected chi connectivity index (χ2v) is 6.96. The van der Waals surface area contributed by atoms with Crippen molar-refractivity contribution in [2.24, 2.45) is 5.92 Å². The van der Waals surface area contributed by atoms with Crippen LogP contribution in [0.15, 0.2) is 0 Å². The summed E-state index contributed by atoms with van der Waals surface area (Å²) < 4.78 is 10.9. The third-order valence-corrected chi connectivity index (χ3v) is 4.62. The molecule has 2 fully saturated rings. The molecule has 0 radical (unpaired) electrons. The van der Waals surface area contributed by atoms with Gasteiger partial charge in [0.25, 0.3) is 5.91 Å². The maximum atomic E-state index is 12.9. The number of rotatable bonds is 8. The molecular formula is C17H31N3O4. The van der Waals surface area contributed by atoms with Crippen molar-refractivity contribution >= 4 is 11.9 Å². The van der Waals surface area contributed by atoms with Crippen molar-refractivity contribution in [2.45, 2.75) is 52.4 Å². The number of carbonyl (C=O) groups is 2. The number of ether oxygens (including phenoxy) is 2. The van der Waals surface area contributed by atoms with Crippen LogP contribution in [-0.2, 0) is 14.3 Å². The van der Waals surface area contributed by atoms with E-state index < -0.39 is 11.8 Å². The molecule has 0 aromatic heterocycles. The fourth-order valence-corrected chi connectivity index (χ4v) is 3.49. The Morgan fingerprint density at radius 1 is 1.08 bits per heavy atom. The number of hydrogen-bond acceptors (Lipinski definition) is 5. The van der Waals surface area contributed by atoms with E-state index in [1.807, 2.05) is 13.8 Å². The van der Waals surface area contributed by atoms with Crippen LogP contribution in [-0.4, -0.2) is 73.0 Å². The minimum atomic E-state index is -0.743. The first-order valence-electron chi connectivity index (χ1n) is 9.01. The lowest BCUT2D eigenvalue weighted by Crippen LogP contribution is -2.55. The molecule has 7 nitrogen and oxygen atoms in total. The fraction of sp³-hybridized carbons (Fsp3) is 0.882. The normalized spacial score (nSPS) is 21.3. The van der Waals surface area contributed by atoms with Crippen LogP contribution >= 0.6 is 0 Å². The smallest absolute Gasteiger partial charge is 0.325 e. The largest absolute Gasteiger partial charge is 0.351 e. The minimum absolute atomic E-state index is 0.138. The Labute approximate surface area is 144 Å². The highest BCUT2D eigenvalue weighted by Crippen LogP contribution is 2.30. The Bertz CT molecular complexity index is 441. The number of nitrogens with zero attached hydrogens (tertiary/aromatic N) is 2. The number of imide groups is 1. The molecule has 7 heteroatoms. The molecule has 0 aliphatic carbocycles. The van der Waals surface area contributed by atoms with Crippen LogP contribution < -0.4 is 5.32 Å². The van der Waals surface area contributed by atoms with E-state index >= 15 is 0 Å². The van der Waals surface area contributed by atoms with Crippen molar-refractivity contribution in [3.8, 4) is 0 Å². The van der Waals surface area contributed by atoms with Gasteiger partial charge in [0.1, 0.15) is 5.54 Å². The molecule has 0 atom stereocenters. The Hall–Kier alpha value is -1.18. The lowest BCUT2D eigenvalue weighted by molar-refractivity contribution is -0.154. The van der Waals surface area contributed by atoms with Gasteiger partial charge in [-0.3, -0.25) is 9.69 Å². The predicted octanol–water partition coefficient (Wildman–Crippen LogP) is 1.43. The number of amides is 3. The highest BCUT2D eigenvalue weighted by Gasteiger charge is 2.52. The van der Waals surface area contributed by atoms with E-state index in [0.29, 0.717) is 32.0 Å². The second kappa shape index (κ2) is 8.27. The van der Waals surface area contributed by atoms with Gasteiger partial charge >= 0.3 is 6.03 Å². The Kier molecular flexibility index (Phi) is 6.60. The summed E-state index contributed by atoms with van der Waals surface area (Å²) in [5, 5.41) is 2.93. The van der Waals surface area contributed by atoms with Crippen molar-refractivity contribution in [3.05, 3.63) is 0 Å². The van der Waals surface area contributed by atoms with Gasteiger partial charge in [-0.15, -0.1) is 0 Å². The average Bonchev–Trinajstić information content (AvgIpc) is 2.74. The van der Waals surface area contributed by atoms with E-state index in [0.717, 1.165) is 19.6 Å². The molecule has 2 aliphatic rings. The van der Waals surface area contributed by atoms with Gasteiger partial charge in [-0.25, -0.2) is 4.79 Å². The van der Waals surface area contributed by atoms with Gasteiger partial charge < -0.3 is 19.7 Å². The first-order chi connectivity index (χ1) is 11.4. The summed E-state index contributed by atoms with van der Waals surface area (Å²) >= 11 is 0. The van der Waals surface area contributed by atoms with Gasteiger partial charge in [0.2, 0.25) is 0 Å². The van der Waals surface area contributed by atoms with Crippen LogP contribution in [0.5, 0.6) is 0 Å². The van der Waals surface area contributed by atoms with E-state index in [2.05, 4.69) is 24.1 Å². The number of nitrogens with one attached hydrogen (secondary N) is 1. The van der Waals surface area contributed by atoms with Crippen molar-refractivity contribution in [1.82, 2.24) is 15.1 Å². The van der Waals surface area contributed by atoms with Crippen molar-refractivity contribution in [1.29, 1.82) is 0 Å². The van der Waals surface area contributed by atoms with Gasteiger partial charge in [-0.05, 0) is 32.6 Å². The van der Waals surface area contributed by atoms with Crippen LogP contribution in [0.4, 0.5) is 4.79 Å². The Morgan fingerprint density at radius 2 is 1.67 bits per heavy atom. The molecule has 2 aliphatic heterocycles. The molecule has 3 amide bonds. The van der Waals surface area contributed by atoms with Crippen LogP contribution in [0, 0.1) is 5.92 Å². The number of piperidine rings is 1. The highest BCUT2D eigenvalue weighted by molar-refractivity contribution is 6.07. The zero-order valence-corrected chi connectivity index (χ0v) is 15.3. The van der Waals surface area contributed by atoms with Crippen LogP contribution in [0.25, 0.3) is 0 Å². The summed E-state index contributed by atoms with van der Waals surface area (Å²) in [5.41, 5.74) is -0.743. The van der Waals surface area contributed by atoms with Gasteiger partial charge in [-0.1, -0.05) is 13.8 Å². The monoisotopic (exact) mass is 341 g/mol. The third kappa shape index (κ3) is 4.26. The van der Waals surface area contributed by atoms with Crippen molar-refractivity contribution in [3.63, 3.8) is 0 Å². The molecule has 1 N–H and O–H groups in total. The topological polar surface area (TPSA) is 71.1 Å². The number of likely N-dealkylation sites (tertiary alicyclic amines) is 1. The molecule has 0 saturated carbocycles. The summed E-state index contributed by atoms with van der Waals surface area (Å²) in [7, 11) is 0. The van der Waals surface area contributed by atoms with Crippen LogP contribution in [0.2, 0.25) is 0 Å². The SMILES string of the molecule is CCOC(CN1C(=O)NC2(CCN(CC(C)C)CC2)C1=O)OCC. The average molecular weight is 341 g/mol. The Morgan fingerprint density at radius 3 is 2.17 bits per heavy atom. The summed E-state index contributed by atoms with van der Waals surface area (Å²) in [6, 6.07) is -0.332. The molecule has 138 valence electrons. The maximum absolute atomic E-state index is 12.9. The van der Waals surface area contributed by atoms with Crippen molar-refractivity contribution < 1.29 is 19.1 Å². The van der Waals surface area contributed by atoms with Crippen LogP contribution in [0.1, 0.15) is 40.5 Å². The van der Waals surface area contributed by atoms with Gasteiger partial charge in [0, 0.05) is 32.8 Å². The summed E-state index contributed by atoms with van der Waals surface area (Å²) in [6.45, 7) is 11.9. The molecule has 0 aromatic rings. The van der Waals surface area contributed by atoms with Gasteiger partial charge in [-0.2, -0.15) is 0 Å². The molecule has 0 aromatic carbocycles. The summed E-state index contributed by atoms with van der Waals surface area (Å²) in [6.07, 6.45) is 0.759. The zero-order chi connectivity index (χ0) is 17.7. The van der Waals surface area contributed by atoms with Gasteiger partial charge in [0.05, 0.1) is 6.54 Å². The van der Waals surface area contributed by atoms with E-state index in [1.165, 1.54) is 4.90 Å². The minimum Gasteiger partial charge on any atom is -0.351 e. The first-order valence-corrected chi connectivity index (χ1v) is 9.01. The summed E-state index contributed by atoms with van der Waals surface area (Å²) in [5.74, 6) is 0.462. The van der Waals surface area contributed by atoms with E-state index in [4.69, 9.17) is 9.47 Å². The van der Waals surface area contributed by atoms with Gasteiger partial charge in [0.15, 0.2) is 6.29 Å². The molecular weight excluding hydrogens is 310 g/mol. The van der Waals surface area contributed by atoms with Crippen LogP contribution in [0.3, 0.4) is 0 Å². The third-order valence-electron chi connectivity index (χ3n) is 4.62. The molecule has 24 heavy (non-hydrogen) atoms. The van der Waals surface area contributed by atoms with Crippen molar-refractivity contribution in [2.75, 3.05) is 39.4 Å². The zero-order valence-electron chi connectivity index (χ0n) is 15.3. The standard InChI is InChI=1S/C17H31N3O4/c1-5-23-14(24-6-2)12-20-15(21)17(18-16(20)22)7-9-19(10-8-17)11-13(3)4/h13-14H,5-12H2,1-4H3,(H,18,22). The maximum Gasteiger partial charge on any atom is 0.325 e. The molecule has 0 bridgehead atoms. The molecule has 0 unspecified atom stereocenters. The number of hydrogen-bond donors (Lipinski definition) is 1. The fourth-order valence-electron chi connectivity index (χ4n) is 3.49. The lowest BCUT2D eigenvalue weighted by atomic mass is 9.87. The van der Waals surface area contributed by atoms with E-state index in [9.17, 15) is 9.59 Å². The highest BCUT2D eigenvalue weighted by atomic mass is 16.7. The van der Waals surface area contributed by atoms with E-state index in [1.54, 1.807) is 0 Å². The lowest BCUT2D eigenvalue weighted by Gasteiger charge is -2.38. The molecule has 1 spiro atoms. The second-order valence-electron chi connectivity index (χ2n) is 6.96. The van der Waals surface area contributed by atoms with E-state index in [-0.39, 0.29) is 18.5 Å².